The molecule has 2 aromatic rings. The van der Waals surface area contributed by atoms with Crippen molar-refractivity contribution in [3.05, 3.63) is 28.3 Å². The molecular formula is C13H16ClN3O5S. The highest BCUT2D eigenvalue weighted by Gasteiger charge is 2.27. The predicted molar refractivity (Wildman–Crippen MR) is 85.6 cm³/mol. The molecule has 0 spiro atoms. The topological polar surface area (TPSA) is 115 Å². The molecule has 0 aliphatic carbocycles. The number of rotatable bonds is 4. The first kappa shape index (κ1) is 17.6. The van der Waals surface area contributed by atoms with Crippen LogP contribution in [0.3, 0.4) is 0 Å². The van der Waals surface area contributed by atoms with E-state index in [0.29, 0.717) is 6.54 Å². The fraction of sp³-hybridized carbons (Fsp3) is 0.462. The molecule has 8 nitrogen and oxygen atoms in total. The molecule has 0 bridgehead atoms. The van der Waals surface area contributed by atoms with Gasteiger partial charge in [-0.2, -0.15) is 4.98 Å². The highest BCUT2D eigenvalue weighted by molar-refractivity contribution is 7.91. The van der Waals surface area contributed by atoms with E-state index in [-0.39, 0.29) is 46.1 Å². The molecule has 1 aliphatic heterocycles. The summed E-state index contributed by atoms with van der Waals surface area (Å²) in [6, 6.07) is 3.83. The zero-order valence-electron chi connectivity index (χ0n) is 12.1. The molecule has 0 amide bonds. The van der Waals surface area contributed by atoms with Crippen LogP contribution < -0.4 is 5.32 Å². The van der Waals surface area contributed by atoms with Gasteiger partial charge < -0.3 is 9.73 Å². The molecule has 1 aromatic heterocycles. The van der Waals surface area contributed by atoms with Crippen molar-refractivity contribution in [1.82, 2.24) is 10.3 Å². The van der Waals surface area contributed by atoms with E-state index in [1.807, 2.05) is 0 Å². The summed E-state index contributed by atoms with van der Waals surface area (Å²) in [5.41, 5.74) is 0.252. The van der Waals surface area contributed by atoms with E-state index < -0.39 is 14.8 Å². The molecule has 126 valence electrons. The van der Waals surface area contributed by atoms with Gasteiger partial charge in [-0.1, -0.05) is 0 Å². The number of halogens is 1. The monoisotopic (exact) mass is 361 g/mol. The Labute approximate surface area is 138 Å². The van der Waals surface area contributed by atoms with Crippen LogP contribution in [0.1, 0.15) is 12.8 Å². The summed E-state index contributed by atoms with van der Waals surface area (Å²) < 4.78 is 30.0. The fourth-order valence-corrected chi connectivity index (χ4v) is 4.09. The van der Waals surface area contributed by atoms with Crippen LogP contribution in [0.25, 0.3) is 11.1 Å². The van der Waals surface area contributed by atoms with E-state index in [2.05, 4.69) is 10.3 Å². The molecule has 23 heavy (non-hydrogen) atoms. The smallest absolute Gasteiger partial charge is 0.316 e. The van der Waals surface area contributed by atoms with E-state index >= 15 is 0 Å². The van der Waals surface area contributed by atoms with Crippen LogP contribution in [0.4, 0.5) is 5.69 Å². The number of aromatic nitrogens is 1. The zero-order chi connectivity index (χ0) is 15.7. The van der Waals surface area contributed by atoms with Crippen molar-refractivity contribution >= 4 is 39.0 Å². The van der Waals surface area contributed by atoms with Crippen LogP contribution in [-0.2, 0) is 9.84 Å². The van der Waals surface area contributed by atoms with Gasteiger partial charge in [0.1, 0.15) is 5.52 Å². The summed E-state index contributed by atoms with van der Waals surface area (Å²) in [5, 5.41) is 13.5. The minimum Gasteiger partial charge on any atom is -0.428 e. The van der Waals surface area contributed by atoms with E-state index in [0.717, 1.165) is 19.4 Å². The summed E-state index contributed by atoms with van der Waals surface area (Å²) in [4.78, 5) is 14.1. The second-order valence-corrected chi connectivity index (χ2v) is 7.29. The van der Waals surface area contributed by atoms with Crippen molar-refractivity contribution in [1.29, 1.82) is 0 Å². The Morgan fingerprint density at radius 1 is 1.43 bits per heavy atom. The minimum atomic E-state index is -3.64. The standard InChI is InChI=1S/C13H15N3O5S.ClH/c17-16(18)10-3-4-12-11(6-10)15-13(21-12)22(19,20)8-9-2-1-5-14-7-9;/h3-4,6,9,14H,1-2,5,7-8H2;1H. The molecule has 1 N–H and O–H groups in total. The molecule has 1 aromatic carbocycles. The Kier molecular flexibility index (Phi) is 5.23. The molecule has 3 rings (SSSR count). The molecule has 1 atom stereocenters. The summed E-state index contributed by atoms with van der Waals surface area (Å²) in [6.45, 7) is 1.56. The lowest BCUT2D eigenvalue weighted by Gasteiger charge is -2.21. The highest BCUT2D eigenvalue weighted by atomic mass is 35.5. The normalized spacial score (nSPS) is 18.5. The van der Waals surface area contributed by atoms with Crippen molar-refractivity contribution in [3.8, 4) is 0 Å². The summed E-state index contributed by atoms with van der Waals surface area (Å²) in [7, 11) is -3.64. The number of nitro benzene ring substituents is 1. The van der Waals surface area contributed by atoms with E-state index in [9.17, 15) is 18.5 Å². The summed E-state index contributed by atoms with van der Waals surface area (Å²) in [6.07, 6.45) is 1.79. The number of hydrogen-bond acceptors (Lipinski definition) is 7. The number of non-ortho nitro benzene ring substituents is 1. The largest absolute Gasteiger partial charge is 0.428 e. The Balaban J connectivity index is 0.00000192. The number of benzene rings is 1. The third-order valence-corrected chi connectivity index (χ3v) is 5.30. The molecular weight excluding hydrogens is 346 g/mol. The number of nitrogens with zero attached hydrogens (tertiary/aromatic N) is 2. The van der Waals surface area contributed by atoms with Gasteiger partial charge in [0, 0.05) is 12.1 Å². The van der Waals surface area contributed by atoms with Gasteiger partial charge in [0.15, 0.2) is 5.58 Å². The molecule has 1 unspecified atom stereocenters. The van der Waals surface area contributed by atoms with Gasteiger partial charge >= 0.3 is 5.22 Å². The second kappa shape index (κ2) is 6.81. The molecule has 1 fully saturated rings. The first-order valence-corrected chi connectivity index (χ1v) is 8.59. The maximum Gasteiger partial charge on any atom is 0.316 e. The van der Waals surface area contributed by atoms with Gasteiger partial charge in [-0.25, -0.2) is 8.42 Å². The number of fused-ring (bicyclic) bond motifs is 1. The van der Waals surface area contributed by atoms with Crippen LogP contribution in [0.15, 0.2) is 27.8 Å². The van der Waals surface area contributed by atoms with Gasteiger partial charge in [0.25, 0.3) is 5.69 Å². The fourth-order valence-electron chi connectivity index (χ4n) is 2.59. The molecule has 10 heteroatoms. The third kappa shape index (κ3) is 3.80. The van der Waals surface area contributed by atoms with E-state index in [4.69, 9.17) is 4.42 Å². The van der Waals surface area contributed by atoms with Crippen molar-refractivity contribution in [2.75, 3.05) is 18.8 Å². The lowest BCUT2D eigenvalue weighted by molar-refractivity contribution is -0.384. The molecule has 0 saturated carbocycles. The number of sulfone groups is 1. The first-order valence-electron chi connectivity index (χ1n) is 6.94. The van der Waals surface area contributed by atoms with Gasteiger partial charge in [0.2, 0.25) is 9.84 Å². The first-order chi connectivity index (χ1) is 10.5. The maximum atomic E-state index is 12.4. The minimum absolute atomic E-state index is 0. The molecule has 1 aliphatic rings. The van der Waals surface area contributed by atoms with Crippen molar-refractivity contribution in [3.63, 3.8) is 0 Å². The number of hydrogen-bond donors (Lipinski definition) is 1. The quantitative estimate of drug-likeness (QED) is 0.653. The lowest BCUT2D eigenvalue weighted by atomic mass is 10.0. The Morgan fingerprint density at radius 3 is 2.87 bits per heavy atom. The van der Waals surface area contributed by atoms with Crippen molar-refractivity contribution in [2.24, 2.45) is 5.92 Å². The molecule has 2 heterocycles. The SMILES string of the molecule is Cl.O=[N+]([O-])c1ccc2oc(S(=O)(=O)CC3CCCNC3)nc2c1. The van der Waals surface area contributed by atoms with Crippen molar-refractivity contribution in [2.45, 2.75) is 18.1 Å². The average Bonchev–Trinajstić information content (AvgIpc) is 2.91. The van der Waals surface area contributed by atoms with E-state index in [1.54, 1.807) is 0 Å². The van der Waals surface area contributed by atoms with Gasteiger partial charge in [0.05, 0.1) is 10.7 Å². The Hall–Kier alpha value is -1.71. The van der Waals surface area contributed by atoms with Gasteiger partial charge in [-0.05, 0) is 37.9 Å². The van der Waals surface area contributed by atoms with Crippen molar-refractivity contribution < 1.29 is 17.8 Å². The van der Waals surface area contributed by atoms with Crippen LogP contribution in [0.2, 0.25) is 0 Å². The summed E-state index contributed by atoms with van der Waals surface area (Å²) in [5.74, 6) is -0.00218. The van der Waals surface area contributed by atoms with E-state index in [1.165, 1.54) is 18.2 Å². The zero-order valence-corrected chi connectivity index (χ0v) is 13.7. The van der Waals surface area contributed by atoms with Crippen LogP contribution in [0, 0.1) is 16.0 Å². The third-order valence-electron chi connectivity index (χ3n) is 3.68. The average molecular weight is 362 g/mol. The number of piperidine rings is 1. The van der Waals surface area contributed by atoms with Crippen LogP contribution in [0.5, 0.6) is 0 Å². The molecule has 1 saturated heterocycles. The summed E-state index contributed by atoms with van der Waals surface area (Å²) >= 11 is 0. The highest BCUT2D eigenvalue weighted by Crippen LogP contribution is 2.25. The van der Waals surface area contributed by atoms with Gasteiger partial charge in [-0.15, -0.1) is 12.4 Å². The number of oxazole rings is 1. The second-order valence-electron chi connectivity index (χ2n) is 5.38. The van der Waals surface area contributed by atoms with Crippen LogP contribution >= 0.6 is 12.4 Å². The predicted octanol–water partition coefficient (Wildman–Crippen LogP) is 1.93. The van der Waals surface area contributed by atoms with Gasteiger partial charge in [-0.3, -0.25) is 10.1 Å². The number of nitrogens with one attached hydrogen (secondary N) is 1. The molecule has 0 radical (unpaired) electrons. The lowest BCUT2D eigenvalue weighted by Crippen LogP contribution is -2.33. The number of nitro groups is 1. The Bertz CT molecular complexity index is 814. The van der Waals surface area contributed by atoms with Crippen LogP contribution in [-0.4, -0.2) is 37.2 Å². The maximum absolute atomic E-state index is 12.4. The Morgan fingerprint density at radius 2 is 2.22 bits per heavy atom.